The molecular formula is C11H22O3. The van der Waals surface area contributed by atoms with Crippen molar-refractivity contribution in [2.24, 2.45) is 5.92 Å². The summed E-state index contributed by atoms with van der Waals surface area (Å²) in [5.41, 5.74) is 0. The van der Waals surface area contributed by atoms with Gasteiger partial charge in [-0.15, -0.1) is 0 Å². The van der Waals surface area contributed by atoms with E-state index in [-0.39, 0.29) is 12.4 Å². The van der Waals surface area contributed by atoms with Crippen molar-refractivity contribution < 1.29 is 14.6 Å². The van der Waals surface area contributed by atoms with Crippen molar-refractivity contribution in [2.75, 3.05) is 13.2 Å². The molecule has 0 aliphatic carbocycles. The predicted molar refractivity (Wildman–Crippen MR) is 55.0 cm³/mol. The van der Waals surface area contributed by atoms with E-state index in [4.69, 9.17) is 9.47 Å². The first kappa shape index (κ1) is 12.0. The summed E-state index contributed by atoms with van der Waals surface area (Å²) in [7, 11) is 0. The molecule has 1 fully saturated rings. The highest BCUT2D eigenvalue weighted by Gasteiger charge is 2.21. The molecule has 1 unspecified atom stereocenters. The van der Waals surface area contributed by atoms with E-state index >= 15 is 0 Å². The van der Waals surface area contributed by atoms with Gasteiger partial charge < -0.3 is 14.6 Å². The van der Waals surface area contributed by atoms with Crippen molar-refractivity contribution in [3.8, 4) is 0 Å². The lowest BCUT2D eigenvalue weighted by Gasteiger charge is -2.19. The second-order valence-electron chi connectivity index (χ2n) is 3.98. The molecule has 1 N–H and O–H groups in total. The zero-order valence-electron chi connectivity index (χ0n) is 9.24. The van der Waals surface area contributed by atoms with Crippen molar-refractivity contribution in [2.45, 2.75) is 51.9 Å². The van der Waals surface area contributed by atoms with Crippen molar-refractivity contribution in [3.63, 3.8) is 0 Å². The van der Waals surface area contributed by atoms with Gasteiger partial charge in [-0.1, -0.05) is 26.7 Å². The molecule has 0 radical (unpaired) electrons. The maximum atomic E-state index is 9.78. The lowest BCUT2D eigenvalue weighted by molar-refractivity contribution is -0.0731. The Kier molecular flexibility index (Phi) is 5.45. The first-order valence-corrected chi connectivity index (χ1v) is 5.67. The van der Waals surface area contributed by atoms with E-state index in [0.29, 0.717) is 25.6 Å². The van der Waals surface area contributed by atoms with Crippen LogP contribution in [0.3, 0.4) is 0 Å². The van der Waals surface area contributed by atoms with Gasteiger partial charge in [-0.05, 0) is 12.3 Å². The molecule has 1 heterocycles. The smallest absolute Gasteiger partial charge is 0.160 e. The van der Waals surface area contributed by atoms with Crippen LogP contribution in [0.4, 0.5) is 0 Å². The lowest BCUT2D eigenvalue weighted by Crippen LogP contribution is -2.21. The first-order chi connectivity index (χ1) is 6.76. The molecule has 3 heteroatoms. The topological polar surface area (TPSA) is 38.7 Å². The minimum atomic E-state index is -0.275. The van der Waals surface area contributed by atoms with Gasteiger partial charge >= 0.3 is 0 Å². The van der Waals surface area contributed by atoms with Crippen LogP contribution in [0.25, 0.3) is 0 Å². The fourth-order valence-electron chi connectivity index (χ4n) is 1.87. The predicted octanol–water partition coefficient (Wildman–Crippen LogP) is 1.94. The summed E-state index contributed by atoms with van der Waals surface area (Å²) in [5, 5.41) is 9.78. The summed E-state index contributed by atoms with van der Waals surface area (Å²) >= 11 is 0. The third-order valence-electron chi connectivity index (χ3n) is 2.92. The van der Waals surface area contributed by atoms with Gasteiger partial charge in [-0.3, -0.25) is 0 Å². The maximum absolute atomic E-state index is 9.78. The Morgan fingerprint density at radius 2 is 1.79 bits per heavy atom. The van der Waals surface area contributed by atoms with Gasteiger partial charge in [0.15, 0.2) is 6.29 Å². The minimum Gasteiger partial charge on any atom is -0.393 e. The minimum absolute atomic E-state index is 0.167. The molecule has 1 aliphatic heterocycles. The number of hydrogen-bond donors (Lipinski definition) is 1. The lowest BCUT2D eigenvalue weighted by atomic mass is 9.95. The van der Waals surface area contributed by atoms with Crippen LogP contribution in [0.2, 0.25) is 0 Å². The van der Waals surface area contributed by atoms with E-state index < -0.39 is 0 Å². The largest absolute Gasteiger partial charge is 0.393 e. The van der Waals surface area contributed by atoms with E-state index in [1.807, 2.05) is 0 Å². The molecule has 0 bridgehead atoms. The van der Waals surface area contributed by atoms with Crippen LogP contribution in [0.15, 0.2) is 0 Å². The zero-order valence-corrected chi connectivity index (χ0v) is 9.24. The molecular weight excluding hydrogens is 180 g/mol. The molecule has 0 spiro atoms. The molecule has 1 saturated heterocycles. The Bertz CT molecular complexity index is 135. The molecule has 0 saturated carbocycles. The van der Waals surface area contributed by atoms with Gasteiger partial charge in [0, 0.05) is 6.42 Å². The molecule has 1 rings (SSSR count). The molecule has 14 heavy (non-hydrogen) atoms. The Morgan fingerprint density at radius 3 is 2.29 bits per heavy atom. The summed E-state index contributed by atoms with van der Waals surface area (Å²) in [6, 6.07) is 0. The van der Waals surface area contributed by atoms with Crippen molar-refractivity contribution in [1.29, 1.82) is 0 Å². The van der Waals surface area contributed by atoms with Gasteiger partial charge in [0.25, 0.3) is 0 Å². The van der Waals surface area contributed by atoms with Crippen LogP contribution in [-0.4, -0.2) is 30.7 Å². The summed E-state index contributed by atoms with van der Waals surface area (Å²) in [5.74, 6) is 0.631. The highest BCUT2D eigenvalue weighted by molar-refractivity contribution is 4.66. The Balaban J connectivity index is 2.16. The van der Waals surface area contributed by atoms with Crippen molar-refractivity contribution >= 4 is 0 Å². The highest BCUT2D eigenvalue weighted by atomic mass is 16.7. The normalized spacial score (nSPS) is 20.6. The van der Waals surface area contributed by atoms with Crippen LogP contribution in [0.1, 0.15) is 39.5 Å². The van der Waals surface area contributed by atoms with Gasteiger partial charge in [-0.25, -0.2) is 0 Å². The molecule has 84 valence electrons. The number of ether oxygens (including phenoxy) is 2. The van der Waals surface area contributed by atoms with Crippen molar-refractivity contribution in [1.82, 2.24) is 0 Å². The highest BCUT2D eigenvalue weighted by Crippen LogP contribution is 2.19. The van der Waals surface area contributed by atoms with E-state index in [9.17, 15) is 5.11 Å². The summed E-state index contributed by atoms with van der Waals surface area (Å²) in [6.45, 7) is 5.68. The van der Waals surface area contributed by atoms with Crippen LogP contribution in [0, 0.1) is 5.92 Å². The van der Waals surface area contributed by atoms with Crippen molar-refractivity contribution in [3.05, 3.63) is 0 Å². The third kappa shape index (κ3) is 3.95. The second-order valence-corrected chi connectivity index (χ2v) is 3.98. The van der Waals surface area contributed by atoms with Crippen LogP contribution in [0.5, 0.6) is 0 Å². The molecule has 0 amide bonds. The molecule has 1 atom stereocenters. The number of aliphatic hydroxyl groups excluding tert-OH is 1. The van der Waals surface area contributed by atoms with Crippen LogP contribution in [-0.2, 0) is 9.47 Å². The summed E-state index contributed by atoms with van der Waals surface area (Å²) in [4.78, 5) is 0. The SMILES string of the molecule is CCC(CC)CC(O)CC1OCCO1. The van der Waals surface area contributed by atoms with E-state index in [2.05, 4.69) is 13.8 Å². The Labute approximate surface area is 86.4 Å². The number of rotatable bonds is 6. The van der Waals surface area contributed by atoms with E-state index in [1.165, 1.54) is 0 Å². The first-order valence-electron chi connectivity index (χ1n) is 5.67. The average Bonchev–Trinajstić information content (AvgIpc) is 2.66. The quantitative estimate of drug-likeness (QED) is 0.715. The van der Waals surface area contributed by atoms with Crippen LogP contribution < -0.4 is 0 Å². The van der Waals surface area contributed by atoms with Gasteiger partial charge in [-0.2, -0.15) is 0 Å². The van der Waals surface area contributed by atoms with Crippen LogP contribution >= 0.6 is 0 Å². The third-order valence-corrected chi connectivity index (χ3v) is 2.92. The summed E-state index contributed by atoms with van der Waals surface area (Å²) < 4.78 is 10.6. The molecule has 1 aliphatic rings. The fraction of sp³-hybridized carbons (Fsp3) is 1.00. The Morgan fingerprint density at radius 1 is 1.21 bits per heavy atom. The molecule has 3 nitrogen and oxygen atoms in total. The van der Waals surface area contributed by atoms with E-state index in [1.54, 1.807) is 0 Å². The monoisotopic (exact) mass is 202 g/mol. The van der Waals surface area contributed by atoms with Gasteiger partial charge in [0.05, 0.1) is 19.3 Å². The standard InChI is InChI=1S/C11H22O3/c1-3-9(4-2)7-10(12)8-11-13-5-6-14-11/h9-12H,3-8H2,1-2H3. The number of hydrogen-bond acceptors (Lipinski definition) is 3. The van der Waals surface area contributed by atoms with Gasteiger partial charge in [0.1, 0.15) is 0 Å². The Hall–Kier alpha value is -0.120. The maximum Gasteiger partial charge on any atom is 0.160 e. The molecule has 0 aromatic rings. The zero-order chi connectivity index (χ0) is 10.4. The second kappa shape index (κ2) is 6.38. The summed E-state index contributed by atoms with van der Waals surface area (Å²) in [6.07, 6.45) is 3.33. The van der Waals surface area contributed by atoms with E-state index in [0.717, 1.165) is 19.3 Å². The fourth-order valence-corrected chi connectivity index (χ4v) is 1.87. The molecule has 0 aromatic heterocycles. The van der Waals surface area contributed by atoms with Gasteiger partial charge in [0.2, 0.25) is 0 Å². The number of aliphatic hydroxyl groups is 1. The average molecular weight is 202 g/mol. The molecule has 0 aromatic carbocycles.